The maximum atomic E-state index is 13.6. The number of nitrogens with two attached hydrogens (primary N) is 2. The topological polar surface area (TPSA) is 234 Å². The zero-order valence-electron chi connectivity index (χ0n) is 26.4. The van der Waals surface area contributed by atoms with Crippen molar-refractivity contribution in [3.8, 4) is 0 Å². The van der Waals surface area contributed by atoms with Crippen molar-refractivity contribution in [2.24, 2.45) is 16.8 Å². The summed E-state index contributed by atoms with van der Waals surface area (Å²) in [6.45, 7) is 3.19. The largest absolute Gasteiger partial charge is 0.543 e. The Morgan fingerprint density at radius 2 is 2.08 bits per heavy atom. The van der Waals surface area contributed by atoms with E-state index in [9.17, 15) is 29.4 Å². The lowest BCUT2D eigenvalue weighted by Gasteiger charge is -2.50. The molecule has 50 heavy (non-hydrogen) atoms. The molecule has 0 radical (unpaired) electrons. The third-order valence-electron chi connectivity index (χ3n) is 8.16. The number of aliphatic carboxylic acids is 2. The molecule has 1 saturated heterocycles. The van der Waals surface area contributed by atoms with Crippen molar-refractivity contribution >= 4 is 97.2 Å². The molecule has 0 spiro atoms. The fourth-order valence-electron chi connectivity index (χ4n) is 5.51. The summed E-state index contributed by atoms with van der Waals surface area (Å²) in [5.41, 5.74) is 10.8. The van der Waals surface area contributed by atoms with E-state index in [-0.39, 0.29) is 39.0 Å². The normalized spacial score (nSPS) is 17.9. The first-order chi connectivity index (χ1) is 23.6. The van der Waals surface area contributed by atoms with Gasteiger partial charge >= 0.3 is 5.97 Å². The number of ketones is 1. The number of thiazole rings is 1. The number of thioether (sulfide) groups is 1. The van der Waals surface area contributed by atoms with Crippen molar-refractivity contribution in [1.82, 2.24) is 14.5 Å². The Hall–Kier alpha value is -4.78. The highest BCUT2D eigenvalue weighted by molar-refractivity contribution is 8.00. The van der Waals surface area contributed by atoms with E-state index in [0.717, 1.165) is 32.0 Å². The number of amides is 1. The maximum Gasteiger partial charge on any atom is 0.350 e. The molecule has 4 aromatic heterocycles. The van der Waals surface area contributed by atoms with Crippen molar-refractivity contribution < 1.29 is 38.8 Å². The van der Waals surface area contributed by atoms with Crippen LogP contribution in [0.5, 0.6) is 0 Å². The van der Waals surface area contributed by atoms with Gasteiger partial charge in [0.05, 0.1) is 29.5 Å². The zero-order chi connectivity index (χ0) is 36.1. The predicted octanol–water partition coefficient (Wildman–Crippen LogP) is 1.79. The number of nitrogens with zero attached hydrogens (tertiary/aromatic N) is 5. The number of nitrogens with one attached hydrogen (secondary N) is 1. The third-order valence-corrected chi connectivity index (χ3v) is 11.6. The number of carboxylic acids is 2. The fourth-order valence-corrected chi connectivity index (χ4v) is 8.72. The summed E-state index contributed by atoms with van der Waals surface area (Å²) in [6.07, 6.45) is 5.27. The van der Waals surface area contributed by atoms with E-state index in [0.29, 0.717) is 17.7 Å². The van der Waals surface area contributed by atoms with Gasteiger partial charge in [0.1, 0.15) is 21.4 Å². The van der Waals surface area contributed by atoms with Crippen LogP contribution in [0.4, 0.5) is 5.13 Å². The van der Waals surface area contributed by atoms with Gasteiger partial charge in [0.15, 0.2) is 35.6 Å². The minimum atomic E-state index is -1.80. The SMILES string of the molecule is CC(C)(O/N=C(\C(=O)C[C@@H]1C(=O)N2C(C(=O)[O-])=C(C[n+]3ccc4ccn(Cc5cc(C(=N)N)cs5)c4c3)CS[C@H]12)c1nc(N)sc1Cl)C(=O)O. The number of fused-ring (bicyclic) bond motifs is 2. The summed E-state index contributed by atoms with van der Waals surface area (Å²) >= 11 is 9.93. The van der Waals surface area contributed by atoms with Gasteiger partial charge < -0.3 is 35.9 Å². The van der Waals surface area contributed by atoms with Gasteiger partial charge in [0, 0.05) is 51.2 Å². The number of rotatable bonds is 13. The predicted molar refractivity (Wildman–Crippen MR) is 186 cm³/mol. The van der Waals surface area contributed by atoms with Gasteiger partial charge in [-0.3, -0.25) is 19.9 Å². The van der Waals surface area contributed by atoms with Crippen molar-refractivity contribution in [2.45, 2.75) is 44.3 Å². The molecule has 0 bridgehead atoms. The van der Waals surface area contributed by atoms with Gasteiger partial charge in [-0.25, -0.2) is 9.78 Å². The summed E-state index contributed by atoms with van der Waals surface area (Å²) < 4.78 is 3.90. The van der Waals surface area contributed by atoms with Gasteiger partial charge in [0.2, 0.25) is 11.5 Å². The smallest absolute Gasteiger partial charge is 0.350 e. The van der Waals surface area contributed by atoms with Gasteiger partial charge in [0.25, 0.3) is 0 Å². The summed E-state index contributed by atoms with van der Waals surface area (Å²) in [7, 11) is 0. The van der Waals surface area contributed by atoms with Crippen LogP contribution in [0.1, 0.15) is 36.4 Å². The highest BCUT2D eigenvalue weighted by Gasteiger charge is 2.53. The van der Waals surface area contributed by atoms with E-state index in [4.69, 9.17) is 33.3 Å². The lowest BCUT2D eigenvalue weighted by atomic mass is 9.89. The highest BCUT2D eigenvalue weighted by atomic mass is 35.5. The number of oxime groups is 1. The maximum absolute atomic E-state index is 13.6. The number of anilines is 1. The molecule has 1 fully saturated rings. The summed E-state index contributed by atoms with van der Waals surface area (Å²) in [4.78, 5) is 62.4. The van der Waals surface area contributed by atoms with Crippen LogP contribution in [-0.2, 0) is 37.1 Å². The van der Waals surface area contributed by atoms with E-state index < -0.39 is 52.7 Å². The Bertz CT molecular complexity index is 2150. The summed E-state index contributed by atoms with van der Waals surface area (Å²) in [5, 5.41) is 35.5. The number of carbonyl (C=O) groups is 4. The van der Waals surface area contributed by atoms with Gasteiger partial charge in [-0.15, -0.1) is 23.1 Å². The number of hydrogen-bond acceptors (Lipinski definition) is 13. The number of thiophene rings is 1. The van der Waals surface area contributed by atoms with Crippen LogP contribution in [0.3, 0.4) is 0 Å². The van der Waals surface area contributed by atoms with Gasteiger partial charge in [-0.05, 0) is 26.0 Å². The number of aromatic nitrogens is 3. The molecule has 0 unspecified atom stereocenters. The Kier molecular flexibility index (Phi) is 9.47. The fraction of sp³-hybridized carbons (Fsp3) is 0.290. The molecule has 1 amide bonds. The van der Waals surface area contributed by atoms with E-state index in [1.165, 1.54) is 36.9 Å². The second kappa shape index (κ2) is 13.5. The number of nitrogen functional groups attached to an aromatic ring is 2. The molecule has 6 rings (SSSR count). The Morgan fingerprint density at radius 3 is 2.72 bits per heavy atom. The number of hydrogen-bond donors (Lipinski definition) is 4. The highest BCUT2D eigenvalue weighted by Crippen LogP contribution is 2.45. The van der Waals surface area contributed by atoms with E-state index in [1.807, 2.05) is 51.3 Å². The van der Waals surface area contributed by atoms with Crippen molar-refractivity contribution in [3.05, 3.63) is 73.9 Å². The summed E-state index contributed by atoms with van der Waals surface area (Å²) in [5.74, 6) is -4.81. The number of carbonyl (C=O) groups excluding carboxylic acids is 3. The summed E-state index contributed by atoms with van der Waals surface area (Å²) in [6, 6.07) is 5.76. The Balaban J connectivity index is 1.22. The Labute approximate surface area is 301 Å². The second-order valence-electron chi connectivity index (χ2n) is 12.0. The van der Waals surface area contributed by atoms with Crippen LogP contribution in [0.15, 0.2) is 58.6 Å². The van der Waals surface area contributed by atoms with Crippen LogP contribution in [0.2, 0.25) is 4.34 Å². The molecule has 2 atom stereocenters. The quantitative estimate of drug-likeness (QED) is 0.0505. The minimum Gasteiger partial charge on any atom is -0.543 e. The van der Waals surface area contributed by atoms with Crippen LogP contribution >= 0.6 is 46.0 Å². The number of carboxylic acid groups (broad SMARTS) is 2. The molecule has 15 nitrogen and oxygen atoms in total. The van der Waals surface area contributed by atoms with E-state index in [1.54, 1.807) is 0 Å². The second-order valence-corrected chi connectivity index (χ2v) is 15.8. The van der Waals surface area contributed by atoms with Crippen molar-refractivity contribution in [1.29, 1.82) is 5.41 Å². The molecule has 0 aliphatic carbocycles. The standard InChI is InChI=1S/C31H29ClN8O7S3/c1-31(2,29(45)46)47-37-21(22-24(32)50-30(35)36-22)20(41)8-18-26(42)40-23(28(43)44)16(13-49-27(18)40)9-38-5-3-14-4-6-39(19(14)11-38)10-17-7-15(12-48-17)25(33)34/h3-7,11-12,18,27H,8-10,13H2,1-2H3,(H6-,33,34,35,36,43,44,45,46)/b37-21+/t18-,27-/m1/s1. The van der Waals surface area contributed by atoms with Crippen LogP contribution in [0, 0.1) is 11.3 Å². The van der Waals surface area contributed by atoms with Gasteiger partial charge in [-0.1, -0.05) is 28.1 Å². The molecule has 6 heterocycles. The number of β-lactam (4-membered cyclic amide) rings is 1. The lowest BCUT2D eigenvalue weighted by Crippen LogP contribution is -2.63. The first kappa shape index (κ1) is 35.1. The molecule has 19 heteroatoms. The van der Waals surface area contributed by atoms with Crippen LogP contribution in [-0.4, -0.2) is 71.5 Å². The van der Waals surface area contributed by atoms with E-state index in [2.05, 4.69) is 10.1 Å². The number of amidine groups is 1. The molecule has 2 aliphatic rings. The van der Waals surface area contributed by atoms with E-state index >= 15 is 0 Å². The Morgan fingerprint density at radius 1 is 1.32 bits per heavy atom. The molecule has 260 valence electrons. The molecular weight excluding hydrogens is 728 g/mol. The van der Waals surface area contributed by atoms with Crippen LogP contribution < -0.4 is 21.1 Å². The molecule has 0 aromatic carbocycles. The average Bonchev–Trinajstić information content (AvgIpc) is 3.78. The molecule has 0 saturated carbocycles. The van der Waals surface area contributed by atoms with Crippen molar-refractivity contribution in [3.63, 3.8) is 0 Å². The zero-order valence-corrected chi connectivity index (χ0v) is 29.6. The van der Waals surface area contributed by atoms with Crippen molar-refractivity contribution in [2.75, 3.05) is 11.5 Å². The van der Waals surface area contributed by atoms with Gasteiger partial charge in [-0.2, -0.15) is 4.57 Å². The monoisotopic (exact) mass is 756 g/mol. The first-order valence-electron chi connectivity index (χ1n) is 14.9. The molecular formula is C31H29ClN8O7S3. The first-order valence-corrected chi connectivity index (χ1v) is 18.0. The van der Waals surface area contributed by atoms with Crippen LogP contribution in [0.25, 0.3) is 10.9 Å². The minimum absolute atomic E-state index is 0.00219. The molecule has 2 aliphatic heterocycles. The number of Topliss-reactive ketones (excluding diaryl/α,β-unsaturated/α-hetero) is 1. The molecule has 4 aromatic rings. The average molecular weight is 757 g/mol. The number of halogens is 1. The lowest BCUT2D eigenvalue weighted by molar-refractivity contribution is -0.687. The third kappa shape index (κ3) is 6.70. The number of pyridine rings is 1. The molecule has 6 N–H and O–H groups in total.